The molecule has 0 saturated carbocycles. The molecule has 0 aromatic heterocycles. The van der Waals surface area contributed by atoms with Crippen LogP contribution in [-0.2, 0) is 19.1 Å². The van der Waals surface area contributed by atoms with E-state index in [1.807, 2.05) is 6.92 Å². The second kappa shape index (κ2) is 11.5. The maximum Gasteiger partial charge on any atom is 0.349 e. The monoisotopic (exact) mass is 515 g/mol. The third-order valence-electron chi connectivity index (χ3n) is 4.72. The van der Waals surface area contributed by atoms with Gasteiger partial charge in [0.25, 0.3) is 5.91 Å². The molecule has 0 radical (unpaired) electrons. The van der Waals surface area contributed by atoms with Crippen molar-refractivity contribution in [3.63, 3.8) is 0 Å². The second-order valence-corrected chi connectivity index (χ2v) is 8.23. The predicted octanol–water partition coefficient (Wildman–Crippen LogP) is 4.78. The number of esters is 2. The molecular weight excluding hydrogens is 497 g/mol. The first kappa shape index (κ1) is 25.7. The van der Waals surface area contributed by atoms with Crippen molar-refractivity contribution in [3.05, 3.63) is 99.5 Å². The van der Waals surface area contributed by atoms with E-state index in [2.05, 4.69) is 5.32 Å². The fourth-order valence-electron chi connectivity index (χ4n) is 2.88. The van der Waals surface area contributed by atoms with Gasteiger partial charge in [-0.25, -0.2) is 14.4 Å². The molecule has 0 unspecified atom stereocenters. The fraction of sp³-hybridized carbons (Fsp3) is 0.120. The Morgan fingerprint density at radius 2 is 1.14 bits per heavy atom. The van der Waals surface area contributed by atoms with Gasteiger partial charge < -0.3 is 19.9 Å². The van der Waals surface area contributed by atoms with Crippen LogP contribution in [0.2, 0.25) is 10.0 Å². The molecule has 8 nitrogen and oxygen atoms in total. The zero-order chi connectivity index (χ0) is 25.5. The maximum atomic E-state index is 13.0. The molecule has 0 bridgehead atoms. The van der Waals surface area contributed by atoms with Gasteiger partial charge in [-0.15, -0.1) is 0 Å². The van der Waals surface area contributed by atoms with Crippen molar-refractivity contribution in [2.24, 2.45) is 0 Å². The van der Waals surface area contributed by atoms with Crippen LogP contribution in [0.4, 0.5) is 5.69 Å². The fourth-order valence-corrected chi connectivity index (χ4v) is 3.14. The lowest BCUT2D eigenvalue weighted by molar-refractivity contribution is -0.157. The molecule has 0 aliphatic carbocycles. The molecule has 3 aromatic rings. The van der Waals surface area contributed by atoms with E-state index in [1.54, 1.807) is 24.3 Å². The van der Waals surface area contributed by atoms with Crippen LogP contribution < -0.4 is 5.32 Å². The van der Waals surface area contributed by atoms with E-state index in [-0.39, 0.29) is 11.1 Å². The van der Waals surface area contributed by atoms with Crippen molar-refractivity contribution < 1.29 is 33.8 Å². The number of amides is 1. The topological polar surface area (TPSA) is 119 Å². The van der Waals surface area contributed by atoms with E-state index in [0.29, 0.717) is 15.7 Å². The van der Waals surface area contributed by atoms with Crippen LogP contribution in [0, 0.1) is 6.92 Å². The molecule has 2 atom stereocenters. The van der Waals surface area contributed by atoms with E-state index >= 15 is 0 Å². The number of ether oxygens (including phenoxy) is 2. The number of nitrogens with one attached hydrogen (secondary N) is 1. The first-order valence-electron chi connectivity index (χ1n) is 10.2. The Hall–Kier alpha value is -3.88. The highest BCUT2D eigenvalue weighted by molar-refractivity contribution is 6.31. The summed E-state index contributed by atoms with van der Waals surface area (Å²) in [5.74, 6) is -4.77. The van der Waals surface area contributed by atoms with E-state index in [9.17, 15) is 24.3 Å². The molecule has 35 heavy (non-hydrogen) atoms. The van der Waals surface area contributed by atoms with Crippen molar-refractivity contribution in [1.82, 2.24) is 0 Å². The summed E-state index contributed by atoms with van der Waals surface area (Å²) in [6.45, 7) is 1.85. The van der Waals surface area contributed by atoms with Gasteiger partial charge in [-0.1, -0.05) is 40.9 Å². The maximum absolute atomic E-state index is 13.0. The van der Waals surface area contributed by atoms with Crippen molar-refractivity contribution in [3.8, 4) is 0 Å². The Labute approximate surface area is 210 Å². The summed E-state index contributed by atoms with van der Waals surface area (Å²) in [6.07, 6.45) is -4.17. The van der Waals surface area contributed by atoms with Gasteiger partial charge in [0.2, 0.25) is 12.2 Å². The molecule has 0 aliphatic heterocycles. The minimum Gasteiger partial charge on any atom is -0.478 e. The summed E-state index contributed by atoms with van der Waals surface area (Å²) in [6, 6.07) is 17.6. The molecule has 3 aromatic carbocycles. The Morgan fingerprint density at radius 3 is 1.57 bits per heavy atom. The van der Waals surface area contributed by atoms with Crippen molar-refractivity contribution in [1.29, 1.82) is 0 Å². The van der Waals surface area contributed by atoms with Crippen LogP contribution in [0.15, 0.2) is 72.8 Å². The van der Waals surface area contributed by atoms with Crippen LogP contribution in [0.5, 0.6) is 0 Å². The average Bonchev–Trinajstić information content (AvgIpc) is 2.83. The van der Waals surface area contributed by atoms with E-state index in [0.717, 1.165) is 5.56 Å². The summed E-state index contributed by atoms with van der Waals surface area (Å²) in [5.41, 5.74) is 1.24. The lowest BCUT2D eigenvalue weighted by Crippen LogP contribution is -2.48. The number of halogens is 2. The number of hydrogen-bond acceptors (Lipinski definition) is 6. The lowest BCUT2D eigenvalue weighted by atomic mass is 10.1. The zero-order valence-electron chi connectivity index (χ0n) is 18.2. The third kappa shape index (κ3) is 7.05. The zero-order valence-corrected chi connectivity index (χ0v) is 19.7. The Bertz CT molecular complexity index is 1230. The van der Waals surface area contributed by atoms with Crippen molar-refractivity contribution in [2.75, 3.05) is 5.32 Å². The summed E-state index contributed by atoms with van der Waals surface area (Å²) < 4.78 is 10.3. The minimum atomic E-state index is -2.15. The molecule has 1 amide bonds. The van der Waals surface area contributed by atoms with Crippen LogP contribution >= 0.6 is 23.2 Å². The van der Waals surface area contributed by atoms with E-state index < -0.39 is 36.0 Å². The molecule has 0 fully saturated rings. The van der Waals surface area contributed by atoms with Crippen molar-refractivity contribution >= 4 is 52.7 Å². The van der Waals surface area contributed by atoms with Gasteiger partial charge in [0.05, 0.1) is 11.1 Å². The molecule has 180 valence electrons. The van der Waals surface area contributed by atoms with Gasteiger partial charge in [0, 0.05) is 15.7 Å². The van der Waals surface area contributed by atoms with E-state index in [4.69, 9.17) is 32.7 Å². The molecule has 2 N–H and O–H groups in total. The Morgan fingerprint density at radius 1 is 0.714 bits per heavy atom. The normalized spacial score (nSPS) is 12.2. The number of rotatable bonds is 8. The Balaban J connectivity index is 1.90. The molecule has 3 rings (SSSR count). The number of aryl methyl sites for hydroxylation is 1. The highest BCUT2D eigenvalue weighted by Gasteiger charge is 2.41. The van der Waals surface area contributed by atoms with Gasteiger partial charge in [-0.05, 0) is 67.6 Å². The average molecular weight is 516 g/mol. The smallest absolute Gasteiger partial charge is 0.349 e. The number of benzene rings is 3. The van der Waals surface area contributed by atoms with Gasteiger partial charge >= 0.3 is 17.9 Å². The quantitative estimate of drug-likeness (QED) is 0.414. The van der Waals surface area contributed by atoms with Gasteiger partial charge in [-0.2, -0.15) is 0 Å². The number of aliphatic carboxylic acids is 1. The molecular formula is C25H19Cl2NO7. The number of carbonyl (C=O) groups excluding carboxylic acids is 3. The molecule has 10 heteroatoms. The lowest BCUT2D eigenvalue weighted by Gasteiger charge is -2.23. The number of carbonyl (C=O) groups is 4. The summed E-state index contributed by atoms with van der Waals surface area (Å²) in [5, 5.41) is 13.0. The van der Waals surface area contributed by atoms with Crippen molar-refractivity contribution in [2.45, 2.75) is 19.1 Å². The molecule has 0 saturated heterocycles. The third-order valence-corrected chi connectivity index (χ3v) is 5.23. The first-order chi connectivity index (χ1) is 16.6. The highest BCUT2D eigenvalue weighted by Crippen LogP contribution is 2.18. The SMILES string of the molecule is Cc1ccc(NC(=O)[C@H](OC(=O)c2ccc(Cl)cc2)[C@H](OC(=O)c2ccc(Cl)cc2)C(=O)O)cc1. The molecule has 0 spiro atoms. The number of carboxylic acids is 1. The van der Waals surface area contributed by atoms with Crippen LogP contribution in [0.3, 0.4) is 0 Å². The number of hydrogen-bond donors (Lipinski definition) is 2. The molecule has 0 aliphatic rings. The summed E-state index contributed by atoms with van der Waals surface area (Å²) >= 11 is 11.6. The van der Waals surface area contributed by atoms with Crippen LogP contribution in [0.25, 0.3) is 0 Å². The summed E-state index contributed by atoms with van der Waals surface area (Å²) in [7, 11) is 0. The van der Waals surface area contributed by atoms with Crippen LogP contribution in [-0.4, -0.2) is 41.1 Å². The second-order valence-electron chi connectivity index (χ2n) is 7.36. The minimum absolute atomic E-state index is 0.00991. The Kier molecular flexibility index (Phi) is 8.46. The van der Waals surface area contributed by atoms with E-state index in [1.165, 1.54) is 48.5 Å². The van der Waals surface area contributed by atoms with Gasteiger partial charge in [-0.3, -0.25) is 4.79 Å². The summed E-state index contributed by atoms with van der Waals surface area (Å²) in [4.78, 5) is 50.4. The molecule has 0 heterocycles. The largest absolute Gasteiger partial charge is 0.478 e. The predicted molar refractivity (Wildman–Crippen MR) is 129 cm³/mol. The number of anilines is 1. The number of carboxylic acid groups (broad SMARTS) is 1. The standard InChI is InChI=1S/C25H19Cl2NO7/c1-14-2-12-19(13-3-14)28-22(29)20(34-24(32)15-4-8-17(26)9-5-15)21(23(30)31)35-25(33)16-6-10-18(27)11-7-16/h2-13,20-21H,1H3,(H,28,29)(H,30,31)/t20-,21+/m1/s1. The highest BCUT2D eigenvalue weighted by atomic mass is 35.5. The van der Waals surface area contributed by atoms with Crippen LogP contribution in [0.1, 0.15) is 26.3 Å². The first-order valence-corrected chi connectivity index (χ1v) is 10.9. The van der Waals surface area contributed by atoms with Gasteiger partial charge in [0.15, 0.2) is 0 Å². The van der Waals surface area contributed by atoms with Gasteiger partial charge in [0.1, 0.15) is 0 Å².